The van der Waals surface area contributed by atoms with Crippen LogP contribution in [0.5, 0.6) is 0 Å². The Bertz CT molecular complexity index is 797. The molecule has 20 heavy (non-hydrogen) atoms. The Morgan fingerprint density at radius 2 is 2.00 bits per heavy atom. The Labute approximate surface area is 119 Å². The average molecular weight is 289 g/mol. The van der Waals surface area contributed by atoms with Gasteiger partial charge < -0.3 is 10.3 Å². The first-order valence-corrected chi connectivity index (χ1v) is 6.35. The molecule has 3 rings (SSSR count). The first kappa shape index (κ1) is 12.7. The number of hydrogen-bond donors (Lipinski definition) is 2. The van der Waals surface area contributed by atoms with E-state index in [0.29, 0.717) is 11.3 Å². The van der Waals surface area contributed by atoms with Gasteiger partial charge in [0.2, 0.25) is 0 Å². The molecule has 0 aliphatic rings. The molecule has 0 spiro atoms. The normalized spacial score (nSPS) is 10.7. The van der Waals surface area contributed by atoms with Crippen molar-refractivity contribution >= 4 is 34.1 Å². The first-order chi connectivity index (χ1) is 9.63. The third kappa shape index (κ3) is 2.38. The van der Waals surface area contributed by atoms with Crippen LogP contribution in [0.4, 0.5) is 10.1 Å². The predicted molar refractivity (Wildman–Crippen MR) is 77.7 cm³/mol. The van der Waals surface area contributed by atoms with E-state index in [1.54, 1.807) is 24.4 Å². The topological polar surface area (TPSA) is 44.9 Å². The molecule has 0 saturated heterocycles. The minimum absolute atomic E-state index is 0.0248. The number of benzene rings is 2. The Balaban J connectivity index is 1.86. The molecular formula is C15H10ClFN2O. The van der Waals surface area contributed by atoms with E-state index < -0.39 is 5.82 Å². The lowest BCUT2D eigenvalue weighted by Crippen LogP contribution is -2.11. The zero-order valence-corrected chi connectivity index (χ0v) is 11.0. The molecule has 0 fully saturated rings. The lowest BCUT2D eigenvalue weighted by Gasteiger charge is -2.06. The quantitative estimate of drug-likeness (QED) is 0.729. The molecule has 0 radical (unpaired) electrons. The van der Waals surface area contributed by atoms with Crippen LogP contribution in [-0.4, -0.2) is 10.9 Å². The minimum Gasteiger partial charge on any atom is -0.361 e. The van der Waals surface area contributed by atoms with Crippen LogP contribution in [0.1, 0.15) is 10.4 Å². The van der Waals surface area contributed by atoms with E-state index in [-0.39, 0.29) is 10.9 Å². The second kappa shape index (κ2) is 4.98. The number of hydrogen-bond acceptors (Lipinski definition) is 1. The van der Waals surface area contributed by atoms with Crippen LogP contribution in [0.25, 0.3) is 10.9 Å². The Morgan fingerprint density at radius 3 is 2.80 bits per heavy atom. The van der Waals surface area contributed by atoms with Gasteiger partial charge in [0.05, 0.1) is 5.02 Å². The molecule has 0 bridgehead atoms. The van der Waals surface area contributed by atoms with Gasteiger partial charge in [0.1, 0.15) is 5.82 Å². The Kier molecular flexibility index (Phi) is 3.16. The summed E-state index contributed by atoms with van der Waals surface area (Å²) in [4.78, 5) is 15.2. The number of anilines is 1. The lowest BCUT2D eigenvalue weighted by atomic mass is 10.1. The highest BCUT2D eigenvalue weighted by atomic mass is 35.5. The van der Waals surface area contributed by atoms with E-state index in [2.05, 4.69) is 10.3 Å². The fourth-order valence-electron chi connectivity index (χ4n) is 1.97. The summed E-state index contributed by atoms with van der Waals surface area (Å²) >= 11 is 5.60. The van der Waals surface area contributed by atoms with Crippen molar-refractivity contribution in [1.29, 1.82) is 0 Å². The molecule has 0 unspecified atom stereocenters. The summed E-state index contributed by atoms with van der Waals surface area (Å²) in [6.07, 6.45) is 1.81. The van der Waals surface area contributed by atoms with Crippen LogP contribution in [-0.2, 0) is 0 Å². The number of aromatic amines is 1. The van der Waals surface area contributed by atoms with E-state index >= 15 is 0 Å². The molecule has 2 N–H and O–H groups in total. The van der Waals surface area contributed by atoms with Gasteiger partial charge in [-0.15, -0.1) is 0 Å². The Morgan fingerprint density at radius 1 is 1.15 bits per heavy atom. The van der Waals surface area contributed by atoms with Gasteiger partial charge in [-0.25, -0.2) is 4.39 Å². The van der Waals surface area contributed by atoms with Crippen molar-refractivity contribution in [1.82, 2.24) is 4.98 Å². The number of halogens is 2. The molecule has 0 aliphatic heterocycles. The van der Waals surface area contributed by atoms with Crippen LogP contribution in [0, 0.1) is 5.82 Å². The van der Waals surface area contributed by atoms with Crippen molar-refractivity contribution in [3.63, 3.8) is 0 Å². The van der Waals surface area contributed by atoms with E-state index in [9.17, 15) is 9.18 Å². The van der Waals surface area contributed by atoms with Gasteiger partial charge in [0, 0.05) is 28.4 Å². The zero-order valence-electron chi connectivity index (χ0n) is 10.3. The maximum absolute atomic E-state index is 13.3. The van der Waals surface area contributed by atoms with Gasteiger partial charge in [0.15, 0.2) is 0 Å². The average Bonchev–Trinajstić information content (AvgIpc) is 2.90. The van der Waals surface area contributed by atoms with Crippen LogP contribution in [0.2, 0.25) is 5.02 Å². The third-order valence-electron chi connectivity index (χ3n) is 2.99. The number of rotatable bonds is 2. The van der Waals surface area contributed by atoms with E-state index in [1.807, 2.05) is 12.1 Å². The van der Waals surface area contributed by atoms with Crippen molar-refractivity contribution in [2.45, 2.75) is 0 Å². The van der Waals surface area contributed by atoms with Crippen molar-refractivity contribution in [2.24, 2.45) is 0 Å². The highest BCUT2D eigenvalue weighted by Gasteiger charge is 2.08. The largest absolute Gasteiger partial charge is 0.361 e. The number of fused-ring (bicyclic) bond motifs is 1. The van der Waals surface area contributed by atoms with E-state index in [0.717, 1.165) is 10.9 Å². The van der Waals surface area contributed by atoms with Gasteiger partial charge in [-0.05, 0) is 42.5 Å². The molecule has 5 heteroatoms. The molecular weight excluding hydrogens is 279 g/mol. The van der Waals surface area contributed by atoms with Gasteiger partial charge in [0.25, 0.3) is 5.91 Å². The second-order valence-electron chi connectivity index (χ2n) is 4.36. The summed E-state index contributed by atoms with van der Waals surface area (Å²) in [6.45, 7) is 0. The molecule has 1 amide bonds. The molecule has 3 nitrogen and oxygen atoms in total. The second-order valence-corrected chi connectivity index (χ2v) is 4.77. The summed E-state index contributed by atoms with van der Waals surface area (Å²) in [7, 11) is 0. The fourth-order valence-corrected chi connectivity index (χ4v) is 2.09. The van der Waals surface area contributed by atoms with Crippen LogP contribution >= 0.6 is 11.6 Å². The SMILES string of the molecule is O=C(Nc1ccc(Cl)c(F)c1)c1ccc2[nH]ccc2c1. The predicted octanol–water partition coefficient (Wildman–Crippen LogP) is 4.21. The highest BCUT2D eigenvalue weighted by Crippen LogP contribution is 2.20. The number of carbonyl (C=O) groups excluding carboxylic acids is 1. The van der Waals surface area contributed by atoms with Crippen molar-refractivity contribution in [3.05, 3.63) is 65.1 Å². The standard InChI is InChI=1S/C15H10ClFN2O/c16-12-3-2-11(8-13(12)17)19-15(20)10-1-4-14-9(7-10)5-6-18-14/h1-8,18H,(H,19,20). The number of amides is 1. The maximum Gasteiger partial charge on any atom is 0.255 e. The van der Waals surface area contributed by atoms with Crippen LogP contribution < -0.4 is 5.32 Å². The zero-order chi connectivity index (χ0) is 14.1. The summed E-state index contributed by atoms with van der Waals surface area (Å²) in [5, 5.41) is 3.60. The molecule has 2 aromatic carbocycles. The summed E-state index contributed by atoms with van der Waals surface area (Å²) in [6, 6.07) is 11.3. The van der Waals surface area contributed by atoms with Crippen molar-refractivity contribution < 1.29 is 9.18 Å². The smallest absolute Gasteiger partial charge is 0.255 e. The monoisotopic (exact) mass is 288 g/mol. The molecule has 0 saturated carbocycles. The summed E-state index contributed by atoms with van der Waals surface area (Å²) < 4.78 is 13.3. The summed E-state index contributed by atoms with van der Waals surface area (Å²) in [5.74, 6) is -0.861. The molecule has 100 valence electrons. The molecule has 3 aromatic rings. The number of H-pyrrole nitrogens is 1. The maximum atomic E-state index is 13.3. The Hall–Kier alpha value is -2.33. The van der Waals surface area contributed by atoms with Gasteiger partial charge in [-0.3, -0.25) is 4.79 Å². The number of carbonyl (C=O) groups is 1. The van der Waals surface area contributed by atoms with E-state index in [1.165, 1.54) is 12.1 Å². The third-order valence-corrected chi connectivity index (χ3v) is 3.30. The molecule has 1 heterocycles. The molecule has 0 aliphatic carbocycles. The van der Waals surface area contributed by atoms with Gasteiger partial charge >= 0.3 is 0 Å². The number of aromatic nitrogens is 1. The van der Waals surface area contributed by atoms with Gasteiger partial charge in [-0.2, -0.15) is 0 Å². The summed E-state index contributed by atoms with van der Waals surface area (Å²) in [5.41, 5.74) is 1.83. The fraction of sp³-hybridized carbons (Fsp3) is 0. The van der Waals surface area contributed by atoms with Crippen LogP contribution in [0.3, 0.4) is 0 Å². The lowest BCUT2D eigenvalue weighted by molar-refractivity contribution is 0.102. The highest BCUT2D eigenvalue weighted by molar-refractivity contribution is 6.30. The first-order valence-electron chi connectivity index (χ1n) is 5.97. The minimum atomic E-state index is -0.564. The van der Waals surface area contributed by atoms with Gasteiger partial charge in [-0.1, -0.05) is 11.6 Å². The van der Waals surface area contributed by atoms with Crippen LogP contribution in [0.15, 0.2) is 48.7 Å². The molecule has 0 atom stereocenters. The van der Waals surface area contributed by atoms with E-state index in [4.69, 9.17) is 11.6 Å². The van der Waals surface area contributed by atoms with Crippen molar-refractivity contribution in [3.8, 4) is 0 Å². The number of nitrogens with one attached hydrogen (secondary N) is 2. The molecule has 1 aromatic heterocycles. The van der Waals surface area contributed by atoms with Crippen molar-refractivity contribution in [2.75, 3.05) is 5.32 Å².